The molecule has 1 unspecified atom stereocenters. The molecule has 230 valence electrons. The van der Waals surface area contributed by atoms with Gasteiger partial charge in [-0.15, -0.1) is 11.8 Å². The smallest absolute Gasteiger partial charge is 0.272 e. The zero-order chi connectivity index (χ0) is 32.5. The highest BCUT2D eigenvalue weighted by Crippen LogP contribution is 2.37. The van der Waals surface area contributed by atoms with Gasteiger partial charge in [-0.05, 0) is 72.3 Å². The van der Waals surface area contributed by atoms with Crippen molar-refractivity contribution >= 4 is 70.1 Å². The van der Waals surface area contributed by atoms with Crippen LogP contribution in [0.2, 0.25) is 10.0 Å². The van der Waals surface area contributed by atoms with Crippen molar-refractivity contribution < 1.29 is 18.8 Å². The minimum absolute atomic E-state index is 0.0729. The van der Waals surface area contributed by atoms with Crippen LogP contribution in [0.25, 0.3) is 6.08 Å². The normalized spacial score (nSPS) is 11.8. The summed E-state index contributed by atoms with van der Waals surface area (Å²) in [7, 11) is 0. The molecule has 1 atom stereocenters. The highest BCUT2D eigenvalue weighted by Gasteiger charge is 2.23. The van der Waals surface area contributed by atoms with Gasteiger partial charge < -0.3 is 16.0 Å². The van der Waals surface area contributed by atoms with E-state index >= 15 is 0 Å². The van der Waals surface area contributed by atoms with Gasteiger partial charge in [0.2, 0.25) is 5.91 Å². The molecule has 0 saturated carbocycles. The molecule has 5 aromatic rings. The van der Waals surface area contributed by atoms with Crippen LogP contribution >= 0.6 is 35.0 Å². The van der Waals surface area contributed by atoms with Crippen LogP contribution < -0.4 is 16.0 Å². The lowest BCUT2D eigenvalue weighted by Crippen LogP contribution is -2.30. The Balaban J connectivity index is 1.35. The maximum Gasteiger partial charge on any atom is 0.272 e. The molecule has 3 amide bonds. The van der Waals surface area contributed by atoms with Crippen LogP contribution in [-0.2, 0) is 9.59 Å². The standard InChI is InChI=1S/C36H26Cl2FN3O3S/c37-28-14-9-15-29(38)27(28)22-32(42-34(43)24-12-5-2-6-13-24)35(44)40-25-18-20-26(21-19-25)46-33(23-10-3-1-4-11-23)36(45)41-31-17-8-7-16-30(31)39/h1-22,33H,(H,40,44)(H,41,45)(H,42,43)/b32-22-. The maximum atomic E-state index is 14.3. The zero-order valence-electron chi connectivity index (χ0n) is 24.0. The van der Waals surface area contributed by atoms with E-state index in [9.17, 15) is 18.8 Å². The molecular formula is C36H26Cl2FN3O3S. The third-order valence-electron chi connectivity index (χ3n) is 6.66. The first-order chi connectivity index (χ1) is 22.3. The van der Waals surface area contributed by atoms with E-state index in [0.717, 1.165) is 10.5 Å². The monoisotopic (exact) mass is 669 g/mol. The van der Waals surface area contributed by atoms with Crippen LogP contribution in [0.4, 0.5) is 15.8 Å². The molecule has 0 spiro atoms. The average Bonchev–Trinajstić information content (AvgIpc) is 3.07. The second-order valence-electron chi connectivity index (χ2n) is 9.87. The predicted octanol–water partition coefficient (Wildman–Crippen LogP) is 9.01. The van der Waals surface area contributed by atoms with Crippen molar-refractivity contribution in [1.82, 2.24) is 5.32 Å². The van der Waals surface area contributed by atoms with E-state index in [-0.39, 0.29) is 17.3 Å². The molecule has 3 N–H and O–H groups in total. The van der Waals surface area contributed by atoms with Gasteiger partial charge in [-0.3, -0.25) is 14.4 Å². The first kappa shape index (κ1) is 32.5. The predicted molar refractivity (Wildman–Crippen MR) is 183 cm³/mol. The minimum Gasteiger partial charge on any atom is -0.322 e. The van der Waals surface area contributed by atoms with Gasteiger partial charge in [-0.2, -0.15) is 0 Å². The summed E-state index contributed by atoms with van der Waals surface area (Å²) in [5, 5.41) is 8.06. The fraction of sp³-hybridized carbons (Fsp3) is 0.0278. The molecule has 0 aliphatic carbocycles. The first-order valence-electron chi connectivity index (χ1n) is 14.0. The molecule has 5 rings (SSSR count). The molecule has 10 heteroatoms. The van der Waals surface area contributed by atoms with Gasteiger partial charge in [0.25, 0.3) is 11.8 Å². The van der Waals surface area contributed by atoms with E-state index < -0.39 is 22.9 Å². The average molecular weight is 671 g/mol. The van der Waals surface area contributed by atoms with Gasteiger partial charge in [-0.1, -0.05) is 89.9 Å². The van der Waals surface area contributed by atoms with Gasteiger partial charge in [0.05, 0.1) is 5.69 Å². The lowest BCUT2D eigenvalue weighted by molar-refractivity contribution is -0.116. The largest absolute Gasteiger partial charge is 0.322 e. The molecule has 5 aromatic carbocycles. The topological polar surface area (TPSA) is 87.3 Å². The van der Waals surface area contributed by atoms with Crippen LogP contribution in [0.15, 0.2) is 138 Å². The van der Waals surface area contributed by atoms with Crippen LogP contribution in [0.1, 0.15) is 26.7 Å². The number of carbonyl (C=O) groups is 3. The number of carbonyl (C=O) groups excluding carboxylic acids is 3. The van der Waals surface area contributed by atoms with E-state index in [0.29, 0.717) is 26.9 Å². The van der Waals surface area contributed by atoms with E-state index in [1.165, 1.54) is 30.0 Å². The van der Waals surface area contributed by atoms with Crippen molar-refractivity contribution in [2.75, 3.05) is 10.6 Å². The molecule has 0 heterocycles. The summed E-state index contributed by atoms with van der Waals surface area (Å²) in [5.74, 6) is -2.01. The molecule has 0 fully saturated rings. The zero-order valence-corrected chi connectivity index (χ0v) is 26.4. The second kappa shape index (κ2) is 15.4. The molecule has 0 saturated heterocycles. The van der Waals surface area contributed by atoms with Crippen molar-refractivity contribution in [1.29, 1.82) is 0 Å². The summed E-state index contributed by atoms with van der Waals surface area (Å²) >= 11 is 14.0. The number of rotatable bonds is 10. The maximum absolute atomic E-state index is 14.3. The summed E-state index contributed by atoms with van der Waals surface area (Å²) in [5.41, 5.74) is 1.92. The van der Waals surface area contributed by atoms with Gasteiger partial charge in [0, 0.05) is 31.8 Å². The molecule has 0 aliphatic heterocycles. The highest BCUT2D eigenvalue weighted by molar-refractivity contribution is 8.00. The number of hydrogen-bond donors (Lipinski definition) is 3. The summed E-state index contributed by atoms with van der Waals surface area (Å²) < 4.78 is 14.3. The summed E-state index contributed by atoms with van der Waals surface area (Å²) in [4.78, 5) is 40.5. The minimum atomic E-state index is -0.690. The fourth-order valence-electron chi connectivity index (χ4n) is 4.35. The van der Waals surface area contributed by atoms with Crippen molar-refractivity contribution in [3.63, 3.8) is 0 Å². The van der Waals surface area contributed by atoms with Crippen LogP contribution in [0, 0.1) is 5.82 Å². The fourth-order valence-corrected chi connectivity index (χ4v) is 5.88. The Labute approximate surface area is 279 Å². The lowest BCUT2D eigenvalue weighted by Gasteiger charge is -2.18. The van der Waals surface area contributed by atoms with E-state index in [1.54, 1.807) is 84.9 Å². The quantitative estimate of drug-likeness (QED) is 0.102. The number of anilines is 2. The van der Waals surface area contributed by atoms with Crippen molar-refractivity contribution in [2.45, 2.75) is 10.1 Å². The van der Waals surface area contributed by atoms with Gasteiger partial charge >= 0.3 is 0 Å². The Morgan fingerprint density at radius 3 is 1.96 bits per heavy atom. The van der Waals surface area contributed by atoms with E-state index in [1.807, 2.05) is 30.3 Å². The number of nitrogens with one attached hydrogen (secondary N) is 3. The number of halogens is 3. The number of thioether (sulfide) groups is 1. The first-order valence-corrected chi connectivity index (χ1v) is 15.6. The van der Waals surface area contributed by atoms with Crippen LogP contribution in [0.5, 0.6) is 0 Å². The Morgan fingerprint density at radius 1 is 0.696 bits per heavy atom. The van der Waals surface area contributed by atoms with Gasteiger partial charge in [0.15, 0.2) is 0 Å². The summed E-state index contributed by atoms with van der Waals surface area (Å²) in [6.45, 7) is 0. The number of amides is 3. The van der Waals surface area contributed by atoms with Crippen LogP contribution in [0.3, 0.4) is 0 Å². The Hall–Kier alpha value is -4.89. The third kappa shape index (κ3) is 8.43. The van der Waals surface area contributed by atoms with E-state index in [4.69, 9.17) is 23.2 Å². The summed E-state index contributed by atoms with van der Waals surface area (Å²) in [6, 6.07) is 35.4. The van der Waals surface area contributed by atoms with Crippen molar-refractivity contribution in [3.8, 4) is 0 Å². The number of benzene rings is 5. The lowest BCUT2D eigenvalue weighted by atomic mass is 10.1. The molecule has 46 heavy (non-hydrogen) atoms. The molecule has 0 radical (unpaired) electrons. The molecule has 0 bridgehead atoms. The Kier molecular flexibility index (Phi) is 10.9. The molecule has 6 nitrogen and oxygen atoms in total. The van der Waals surface area contributed by atoms with Crippen molar-refractivity contribution in [2.24, 2.45) is 0 Å². The Morgan fingerprint density at radius 2 is 1.30 bits per heavy atom. The van der Waals surface area contributed by atoms with Gasteiger partial charge in [0.1, 0.15) is 16.8 Å². The Bertz CT molecular complexity index is 1870. The third-order valence-corrected chi connectivity index (χ3v) is 8.58. The van der Waals surface area contributed by atoms with Gasteiger partial charge in [-0.25, -0.2) is 4.39 Å². The molecule has 0 aromatic heterocycles. The number of hydrogen-bond acceptors (Lipinski definition) is 4. The second-order valence-corrected chi connectivity index (χ2v) is 11.9. The molecular weight excluding hydrogens is 644 g/mol. The van der Waals surface area contributed by atoms with Crippen LogP contribution in [-0.4, -0.2) is 17.7 Å². The SMILES string of the molecule is O=C(Nc1ccc(SC(C(=O)Nc2ccccc2F)c2ccccc2)cc1)/C(=C/c1c(Cl)cccc1Cl)NC(=O)c1ccccc1. The highest BCUT2D eigenvalue weighted by atomic mass is 35.5. The van der Waals surface area contributed by atoms with Crippen molar-refractivity contribution in [3.05, 3.63) is 166 Å². The summed E-state index contributed by atoms with van der Waals surface area (Å²) in [6.07, 6.45) is 1.42. The van der Waals surface area contributed by atoms with E-state index in [2.05, 4.69) is 16.0 Å². The number of para-hydroxylation sites is 1. The molecule has 0 aliphatic rings.